The third-order valence-corrected chi connectivity index (χ3v) is 2.04. The second kappa shape index (κ2) is 6.27. The van der Waals surface area contributed by atoms with E-state index >= 15 is 0 Å². The lowest BCUT2D eigenvalue weighted by Gasteiger charge is -2.14. The number of H-pyrrole nitrogens is 1. The number of carbonyl (C=O) groups is 2. The summed E-state index contributed by atoms with van der Waals surface area (Å²) in [5, 5.41) is 10.8. The number of nitriles is 1. The van der Waals surface area contributed by atoms with E-state index in [2.05, 4.69) is 20.0 Å². The van der Waals surface area contributed by atoms with Gasteiger partial charge in [0.25, 0.3) is 0 Å². The summed E-state index contributed by atoms with van der Waals surface area (Å²) in [5.41, 5.74) is 0.692. The Balaban J connectivity index is 2.64. The van der Waals surface area contributed by atoms with E-state index in [-0.39, 0.29) is 12.8 Å². The van der Waals surface area contributed by atoms with Crippen molar-refractivity contribution >= 4 is 11.9 Å². The molecule has 7 nitrogen and oxygen atoms in total. The number of amides is 1. The zero-order chi connectivity index (χ0) is 12.7. The van der Waals surface area contributed by atoms with Crippen molar-refractivity contribution in [1.29, 1.82) is 5.26 Å². The summed E-state index contributed by atoms with van der Waals surface area (Å²) in [6.07, 6.45) is 2.97. The minimum absolute atomic E-state index is 0.240. The normalized spacial score (nSPS) is 11.3. The van der Waals surface area contributed by atoms with Gasteiger partial charge >= 0.3 is 5.97 Å². The summed E-state index contributed by atoms with van der Waals surface area (Å²) in [7, 11) is 1.23. The van der Waals surface area contributed by atoms with E-state index in [9.17, 15) is 9.59 Å². The Morgan fingerprint density at radius 2 is 2.47 bits per heavy atom. The Morgan fingerprint density at radius 1 is 1.71 bits per heavy atom. The Kier molecular flexibility index (Phi) is 4.69. The third-order valence-electron chi connectivity index (χ3n) is 2.04. The summed E-state index contributed by atoms with van der Waals surface area (Å²) in [4.78, 5) is 29.3. The molecule has 90 valence electrons. The standard InChI is InChI=1S/C10H12N4O3/c1-17-10(16)8(14-9(15)2-3-11)4-7-5-12-6-13-7/h5-6,8H,2,4H2,1H3,(H,12,13)(H,14,15). The quantitative estimate of drug-likeness (QED) is 0.671. The number of nitrogens with one attached hydrogen (secondary N) is 2. The highest BCUT2D eigenvalue weighted by molar-refractivity contribution is 5.85. The maximum Gasteiger partial charge on any atom is 0.328 e. The van der Waals surface area contributed by atoms with Crippen molar-refractivity contribution in [2.45, 2.75) is 18.9 Å². The summed E-state index contributed by atoms with van der Waals surface area (Å²) in [6.45, 7) is 0. The molecule has 0 radical (unpaired) electrons. The minimum atomic E-state index is -0.818. The number of hydrogen-bond donors (Lipinski definition) is 2. The van der Waals surface area contributed by atoms with Crippen LogP contribution in [-0.2, 0) is 20.7 Å². The number of hydrogen-bond acceptors (Lipinski definition) is 5. The summed E-state index contributed by atoms with van der Waals surface area (Å²) < 4.78 is 4.57. The lowest BCUT2D eigenvalue weighted by atomic mass is 10.1. The van der Waals surface area contributed by atoms with Crippen molar-refractivity contribution in [2.24, 2.45) is 0 Å². The molecule has 1 rings (SSSR count). The molecule has 1 unspecified atom stereocenters. The molecule has 7 heteroatoms. The Morgan fingerprint density at radius 3 is 3.00 bits per heavy atom. The average molecular weight is 236 g/mol. The van der Waals surface area contributed by atoms with Crippen LogP contribution in [-0.4, -0.2) is 35.0 Å². The largest absolute Gasteiger partial charge is 0.467 e. The van der Waals surface area contributed by atoms with Gasteiger partial charge in [0.05, 0.1) is 19.5 Å². The molecule has 1 atom stereocenters. The lowest BCUT2D eigenvalue weighted by molar-refractivity contribution is -0.145. The van der Waals surface area contributed by atoms with Gasteiger partial charge in [0.15, 0.2) is 0 Å². The predicted molar refractivity (Wildman–Crippen MR) is 56.5 cm³/mol. The molecule has 0 saturated carbocycles. The molecule has 0 aromatic carbocycles. The van der Waals surface area contributed by atoms with Crippen LogP contribution < -0.4 is 5.32 Å². The molecule has 0 aliphatic carbocycles. The van der Waals surface area contributed by atoms with Crippen molar-refractivity contribution in [3.63, 3.8) is 0 Å². The molecule has 0 fully saturated rings. The van der Waals surface area contributed by atoms with E-state index in [1.54, 1.807) is 12.3 Å². The van der Waals surface area contributed by atoms with E-state index < -0.39 is 17.9 Å². The van der Waals surface area contributed by atoms with Gasteiger partial charge < -0.3 is 15.0 Å². The van der Waals surface area contributed by atoms with Crippen LogP contribution in [0.25, 0.3) is 0 Å². The second-order valence-corrected chi connectivity index (χ2v) is 3.26. The fourth-order valence-corrected chi connectivity index (χ4v) is 1.27. The molecule has 1 heterocycles. The Bertz CT molecular complexity index is 421. The monoisotopic (exact) mass is 236 g/mol. The number of rotatable bonds is 5. The van der Waals surface area contributed by atoms with Gasteiger partial charge in [-0.3, -0.25) is 4.79 Å². The SMILES string of the molecule is COC(=O)C(Cc1cnc[nH]1)NC(=O)CC#N. The Hall–Kier alpha value is -2.36. The first-order valence-electron chi connectivity index (χ1n) is 4.88. The highest BCUT2D eigenvalue weighted by Crippen LogP contribution is 2.00. The van der Waals surface area contributed by atoms with Crippen molar-refractivity contribution in [3.05, 3.63) is 18.2 Å². The number of imidazole rings is 1. The van der Waals surface area contributed by atoms with Gasteiger partial charge in [-0.25, -0.2) is 9.78 Å². The number of carbonyl (C=O) groups excluding carboxylic acids is 2. The number of aromatic nitrogens is 2. The summed E-state index contributed by atoms with van der Waals surface area (Å²) in [5.74, 6) is -1.08. The molecule has 0 aliphatic rings. The molecule has 1 amide bonds. The highest BCUT2D eigenvalue weighted by Gasteiger charge is 2.22. The zero-order valence-corrected chi connectivity index (χ0v) is 9.27. The highest BCUT2D eigenvalue weighted by atomic mass is 16.5. The molecule has 0 saturated heterocycles. The Labute approximate surface area is 97.8 Å². The van der Waals surface area contributed by atoms with E-state index in [4.69, 9.17) is 5.26 Å². The van der Waals surface area contributed by atoms with Crippen LogP contribution >= 0.6 is 0 Å². The third kappa shape index (κ3) is 3.95. The molecule has 1 aromatic rings. The number of esters is 1. The van der Waals surface area contributed by atoms with Gasteiger partial charge in [-0.1, -0.05) is 0 Å². The molecule has 0 bridgehead atoms. The van der Waals surface area contributed by atoms with Gasteiger partial charge in [-0.15, -0.1) is 0 Å². The van der Waals surface area contributed by atoms with E-state index in [0.717, 1.165) is 0 Å². The van der Waals surface area contributed by atoms with Crippen molar-refractivity contribution in [1.82, 2.24) is 15.3 Å². The molecular weight excluding hydrogens is 224 g/mol. The van der Waals surface area contributed by atoms with Gasteiger partial charge in [-0.05, 0) is 0 Å². The van der Waals surface area contributed by atoms with Crippen LogP contribution in [0.2, 0.25) is 0 Å². The van der Waals surface area contributed by atoms with Gasteiger partial charge in [0, 0.05) is 18.3 Å². The zero-order valence-electron chi connectivity index (χ0n) is 9.27. The van der Waals surface area contributed by atoms with Gasteiger partial charge in [0.2, 0.25) is 5.91 Å². The number of methoxy groups -OCH3 is 1. The molecule has 17 heavy (non-hydrogen) atoms. The van der Waals surface area contributed by atoms with Crippen LogP contribution in [0.3, 0.4) is 0 Å². The topological polar surface area (TPSA) is 108 Å². The maximum atomic E-state index is 11.4. The van der Waals surface area contributed by atoms with Crippen molar-refractivity contribution in [2.75, 3.05) is 7.11 Å². The van der Waals surface area contributed by atoms with Gasteiger partial charge in [0.1, 0.15) is 12.5 Å². The molecule has 2 N–H and O–H groups in total. The van der Waals surface area contributed by atoms with E-state index in [1.165, 1.54) is 13.4 Å². The summed E-state index contributed by atoms with van der Waals surface area (Å²) >= 11 is 0. The van der Waals surface area contributed by atoms with Crippen LogP contribution in [0, 0.1) is 11.3 Å². The maximum absolute atomic E-state index is 11.4. The van der Waals surface area contributed by atoms with Gasteiger partial charge in [-0.2, -0.15) is 5.26 Å². The molecule has 1 aromatic heterocycles. The minimum Gasteiger partial charge on any atom is -0.467 e. The van der Waals surface area contributed by atoms with E-state index in [1.807, 2.05) is 0 Å². The first kappa shape index (κ1) is 12.7. The van der Waals surface area contributed by atoms with Crippen molar-refractivity contribution < 1.29 is 14.3 Å². The molecular formula is C10H12N4O3. The van der Waals surface area contributed by atoms with Crippen LogP contribution in [0.5, 0.6) is 0 Å². The molecule has 0 aliphatic heterocycles. The van der Waals surface area contributed by atoms with Crippen molar-refractivity contribution in [3.8, 4) is 6.07 Å². The first-order chi connectivity index (χ1) is 8.17. The van der Waals surface area contributed by atoms with Crippen LogP contribution in [0.4, 0.5) is 0 Å². The number of aromatic amines is 1. The van der Waals surface area contributed by atoms with Crippen LogP contribution in [0.1, 0.15) is 12.1 Å². The number of ether oxygens (including phenoxy) is 1. The first-order valence-corrected chi connectivity index (χ1v) is 4.88. The second-order valence-electron chi connectivity index (χ2n) is 3.26. The number of nitrogens with zero attached hydrogens (tertiary/aromatic N) is 2. The fraction of sp³-hybridized carbons (Fsp3) is 0.400. The summed E-state index contributed by atoms with van der Waals surface area (Å²) in [6, 6.07) is 0.886. The lowest BCUT2D eigenvalue weighted by Crippen LogP contribution is -2.42. The average Bonchev–Trinajstić information content (AvgIpc) is 2.80. The predicted octanol–water partition coefficient (Wildman–Crippen LogP) is -0.476. The molecule has 0 spiro atoms. The smallest absolute Gasteiger partial charge is 0.328 e. The van der Waals surface area contributed by atoms with Crippen LogP contribution in [0.15, 0.2) is 12.5 Å². The van der Waals surface area contributed by atoms with E-state index in [0.29, 0.717) is 5.69 Å². The fourth-order valence-electron chi connectivity index (χ4n) is 1.27.